The summed E-state index contributed by atoms with van der Waals surface area (Å²) < 4.78 is 0. The van der Waals surface area contributed by atoms with Crippen LogP contribution in [-0.4, -0.2) is 16.4 Å². The van der Waals surface area contributed by atoms with Crippen LogP contribution in [0.15, 0.2) is 0 Å². The van der Waals surface area contributed by atoms with E-state index in [9.17, 15) is 4.79 Å². The fourth-order valence-corrected chi connectivity index (χ4v) is 3.71. The van der Waals surface area contributed by atoms with E-state index >= 15 is 0 Å². The highest BCUT2D eigenvalue weighted by molar-refractivity contribution is 7.80. The van der Waals surface area contributed by atoms with E-state index in [4.69, 9.17) is 18.0 Å². The van der Waals surface area contributed by atoms with Crippen LogP contribution in [0.5, 0.6) is 0 Å². The Labute approximate surface area is 115 Å². The fourth-order valence-electron chi connectivity index (χ4n) is 3.41. The lowest BCUT2D eigenvalue weighted by molar-refractivity contribution is -0.129. The monoisotopic (exact) mass is 268 g/mol. The number of amides is 1. The molecule has 18 heavy (non-hydrogen) atoms. The van der Waals surface area contributed by atoms with Gasteiger partial charge in [0.2, 0.25) is 5.91 Å². The lowest BCUT2D eigenvalue weighted by Gasteiger charge is -2.38. The Balaban J connectivity index is 2.08. The summed E-state index contributed by atoms with van der Waals surface area (Å²) in [6.45, 7) is 2.16. The summed E-state index contributed by atoms with van der Waals surface area (Å²) in [4.78, 5) is 13.0. The summed E-state index contributed by atoms with van der Waals surface area (Å²) in [6.07, 6.45) is 9.61. The fraction of sp³-hybridized carbons (Fsp3) is 0.857. The Hall–Kier alpha value is -0.640. The van der Waals surface area contributed by atoms with Crippen LogP contribution in [0.4, 0.5) is 0 Å². The first-order valence-electron chi connectivity index (χ1n) is 7.11. The topological polar surface area (TPSA) is 55.1 Å². The molecule has 0 bridgehead atoms. The highest BCUT2D eigenvalue weighted by Crippen LogP contribution is 2.40. The Morgan fingerprint density at radius 2 is 1.56 bits per heavy atom. The molecule has 0 atom stereocenters. The van der Waals surface area contributed by atoms with Crippen molar-refractivity contribution < 1.29 is 4.79 Å². The van der Waals surface area contributed by atoms with E-state index in [-0.39, 0.29) is 11.4 Å². The van der Waals surface area contributed by atoms with Crippen LogP contribution in [0.1, 0.15) is 64.7 Å². The van der Waals surface area contributed by atoms with Gasteiger partial charge in [-0.2, -0.15) is 0 Å². The normalized spacial score (nSPS) is 25.6. The van der Waals surface area contributed by atoms with Gasteiger partial charge < -0.3 is 11.1 Å². The van der Waals surface area contributed by atoms with Gasteiger partial charge in [0.1, 0.15) is 0 Å². The van der Waals surface area contributed by atoms with Gasteiger partial charge in [-0.05, 0) is 32.6 Å². The maximum absolute atomic E-state index is 12.6. The largest absolute Gasteiger partial charge is 0.392 e. The van der Waals surface area contributed by atoms with Crippen molar-refractivity contribution >= 4 is 23.1 Å². The van der Waals surface area contributed by atoms with Gasteiger partial charge in [-0.15, -0.1) is 0 Å². The van der Waals surface area contributed by atoms with Crippen LogP contribution < -0.4 is 11.1 Å². The van der Waals surface area contributed by atoms with Crippen molar-refractivity contribution in [3.63, 3.8) is 0 Å². The van der Waals surface area contributed by atoms with Crippen LogP contribution in [0.2, 0.25) is 0 Å². The predicted molar refractivity (Wildman–Crippen MR) is 77.3 cm³/mol. The van der Waals surface area contributed by atoms with Crippen molar-refractivity contribution in [1.29, 1.82) is 0 Å². The third kappa shape index (κ3) is 2.53. The van der Waals surface area contributed by atoms with E-state index in [0.717, 1.165) is 38.5 Å². The number of rotatable bonds is 3. The molecule has 2 rings (SSSR count). The smallest absolute Gasteiger partial charge is 0.233 e. The van der Waals surface area contributed by atoms with Crippen molar-refractivity contribution in [3.05, 3.63) is 0 Å². The second kappa shape index (κ2) is 5.16. The van der Waals surface area contributed by atoms with Crippen molar-refractivity contribution in [1.82, 2.24) is 5.32 Å². The van der Waals surface area contributed by atoms with Crippen LogP contribution in [0, 0.1) is 5.41 Å². The molecule has 0 radical (unpaired) electrons. The van der Waals surface area contributed by atoms with Crippen molar-refractivity contribution in [2.75, 3.05) is 0 Å². The van der Waals surface area contributed by atoms with E-state index in [2.05, 4.69) is 12.2 Å². The summed E-state index contributed by atoms with van der Waals surface area (Å²) in [5.41, 5.74) is 5.25. The number of hydrogen-bond acceptors (Lipinski definition) is 2. The van der Waals surface area contributed by atoms with Gasteiger partial charge in [0.15, 0.2) is 0 Å². The van der Waals surface area contributed by atoms with Gasteiger partial charge in [-0.25, -0.2) is 0 Å². The van der Waals surface area contributed by atoms with Gasteiger partial charge in [0, 0.05) is 5.54 Å². The van der Waals surface area contributed by atoms with Crippen LogP contribution >= 0.6 is 12.2 Å². The molecule has 2 aliphatic rings. The first-order chi connectivity index (χ1) is 8.49. The van der Waals surface area contributed by atoms with E-state index in [1.165, 1.54) is 19.3 Å². The summed E-state index contributed by atoms with van der Waals surface area (Å²) in [7, 11) is 0. The van der Waals surface area contributed by atoms with Crippen LogP contribution in [-0.2, 0) is 4.79 Å². The van der Waals surface area contributed by atoms with Crippen molar-refractivity contribution in [2.45, 2.75) is 70.3 Å². The quantitative estimate of drug-likeness (QED) is 0.774. The third-order valence-corrected chi connectivity index (χ3v) is 5.13. The molecule has 0 aromatic rings. The molecule has 0 spiro atoms. The molecule has 0 saturated heterocycles. The summed E-state index contributed by atoms with van der Waals surface area (Å²) >= 11 is 5.16. The highest BCUT2D eigenvalue weighted by Gasteiger charge is 2.45. The van der Waals surface area contributed by atoms with Crippen LogP contribution in [0.3, 0.4) is 0 Å². The van der Waals surface area contributed by atoms with Crippen LogP contribution in [0.25, 0.3) is 0 Å². The molecule has 0 aromatic carbocycles. The summed E-state index contributed by atoms with van der Waals surface area (Å²) in [6, 6.07) is 0. The minimum atomic E-state index is -0.560. The standard InChI is InChI=1S/C14H24N2OS/c1-13(7-3-2-4-8-13)16-12(17)14(11(15)18)9-5-6-10-14/h2-10H2,1H3,(H2,15,18)(H,16,17). The zero-order valence-corrected chi connectivity index (χ0v) is 12.1. The average Bonchev–Trinajstić information content (AvgIpc) is 2.79. The first-order valence-corrected chi connectivity index (χ1v) is 7.52. The predicted octanol–water partition coefficient (Wildman–Crippen LogP) is 2.67. The zero-order valence-electron chi connectivity index (χ0n) is 11.3. The van der Waals surface area contributed by atoms with Gasteiger partial charge in [-0.3, -0.25) is 4.79 Å². The summed E-state index contributed by atoms with van der Waals surface area (Å²) in [5.74, 6) is 0.0805. The number of carbonyl (C=O) groups is 1. The van der Waals surface area contributed by atoms with Crippen molar-refractivity contribution in [3.8, 4) is 0 Å². The molecule has 2 fully saturated rings. The van der Waals surface area contributed by atoms with E-state index in [0.29, 0.717) is 4.99 Å². The van der Waals surface area contributed by atoms with Gasteiger partial charge in [0.25, 0.3) is 0 Å². The third-order valence-electron chi connectivity index (χ3n) is 4.74. The first kappa shape index (κ1) is 13.8. The Morgan fingerprint density at radius 1 is 1.06 bits per heavy atom. The minimum Gasteiger partial charge on any atom is -0.392 e. The molecule has 0 aliphatic heterocycles. The molecule has 0 aromatic heterocycles. The highest BCUT2D eigenvalue weighted by atomic mass is 32.1. The molecule has 102 valence electrons. The van der Waals surface area contributed by atoms with E-state index in [1.807, 2.05) is 0 Å². The maximum atomic E-state index is 12.6. The molecule has 2 saturated carbocycles. The van der Waals surface area contributed by atoms with Crippen molar-refractivity contribution in [2.24, 2.45) is 11.1 Å². The number of hydrogen-bond donors (Lipinski definition) is 2. The number of thiocarbonyl (C=S) groups is 1. The average molecular weight is 268 g/mol. The minimum absolute atomic E-state index is 0.0459. The molecule has 2 aliphatic carbocycles. The summed E-state index contributed by atoms with van der Waals surface area (Å²) in [5, 5.41) is 3.25. The van der Waals surface area contributed by atoms with E-state index in [1.54, 1.807) is 0 Å². The molecule has 3 nitrogen and oxygen atoms in total. The lowest BCUT2D eigenvalue weighted by Crippen LogP contribution is -2.55. The van der Waals surface area contributed by atoms with Gasteiger partial charge in [0.05, 0.1) is 10.4 Å². The Bertz CT molecular complexity index is 342. The molecule has 4 heteroatoms. The molecule has 0 heterocycles. The maximum Gasteiger partial charge on any atom is 0.233 e. The number of nitrogens with two attached hydrogens (primary N) is 1. The lowest BCUT2D eigenvalue weighted by atomic mass is 9.80. The number of carbonyl (C=O) groups excluding carboxylic acids is 1. The van der Waals surface area contributed by atoms with E-state index < -0.39 is 5.41 Å². The Morgan fingerprint density at radius 3 is 2.06 bits per heavy atom. The molecular weight excluding hydrogens is 244 g/mol. The number of nitrogens with one attached hydrogen (secondary N) is 1. The second-order valence-electron chi connectivity index (χ2n) is 6.23. The molecule has 1 amide bonds. The van der Waals surface area contributed by atoms with Gasteiger partial charge >= 0.3 is 0 Å². The molecular formula is C14H24N2OS. The second-order valence-corrected chi connectivity index (χ2v) is 6.67. The SMILES string of the molecule is CC1(NC(=O)C2(C(N)=S)CCCC2)CCCCC1. The molecule has 0 unspecified atom stereocenters. The molecule has 3 N–H and O–H groups in total. The van der Waals surface area contributed by atoms with Gasteiger partial charge in [-0.1, -0.05) is 44.3 Å². The zero-order chi connectivity index (χ0) is 13.2. The Kier molecular flexibility index (Phi) is 3.95.